The molecule has 1 heterocycles. The molecule has 0 aliphatic rings. The van der Waals surface area contributed by atoms with Gasteiger partial charge >= 0.3 is 0 Å². The molecular formula is C19H37N3. The Morgan fingerprint density at radius 2 is 1.41 bits per heavy atom. The van der Waals surface area contributed by atoms with Crippen LogP contribution in [0.1, 0.15) is 91.2 Å². The van der Waals surface area contributed by atoms with Gasteiger partial charge in [0.15, 0.2) is 0 Å². The predicted molar refractivity (Wildman–Crippen MR) is 95.0 cm³/mol. The molecule has 3 heteroatoms. The molecule has 0 saturated heterocycles. The summed E-state index contributed by atoms with van der Waals surface area (Å²) in [5, 5.41) is 8.55. The minimum atomic E-state index is 0.816. The molecule has 128 valence electrons. The minimum absolute atomic E-state index is 0.816. The highest BCUT2D eigenvalue weighted by Crippen LogP contribution is 2.11. The molecule has 0 aliphatic carbocycles. The molecule has 1 aromatic rings. The predicted octanol–water partition coefficient (Wildman–Crippen LogP) is 5.64. The van der Waals surface area contributed by atoms with Crippen molar-refractivity contribution in [3.63, 3.8) is 0 Å². The molecule has 1 rings (SSSR count). The zero-order valence-electron chi connectivity index (χ0n) is 15.4. The van der Waals surface area contributed by atoms with Crippen molar-refractivity contribution in [3.8, 4) is 0 Å². The Balaban J connectivity index is 2.02. The van der Waals surface area contributed by atoms with Gasteiger partial charge in [-0.15, -0.1) is 5.10 Å². The number of hydrogen-bond acceptors (Lipinski definition) is 2. The Labute approximate surface area is 137 Å². The van der Waals surface area contributed by atoms with Gasteiger partial charge in [-0.1, -0.05) is 77.9 Å². The maximum atomic E-state index is 4.29. The first-order chi connectivity index (χ1) is 10.6. The summed E-state index contributed by atoms with van der Waals surface area (Å²) in [5.41, 5.74) is 1.17. The largest absolute Gasteiger partial charge is 0.252 e. The molecule has 0 aliphatic heterocycles. The first kappa shape index (κ1) is 19.2. The molecule has 0 saturated carbocycles. The summed E-state index contributed by atoms with van der Waals surface area (Å²) in [6.07, 6.45) is 15.2. The molecule has 0 spiro atoms. The van der Waals surface area contributed by atoms with Gasteiger partial charge in [-0.3, -0.25) is 4.68 Å². The maximum Gasteiger partial charge on any atom is 0.0827 e. The lowest BCUT2D eigenvalue weighted by Gasteiger charge is -2.04. The summed E-state index contributed by atoms with van der Waals surface area (Å²) in [7, 11) is 0. The number of rotatable bonds is 13. The van der Waals surface area contributed by atoms with Crippen LogP contribution in [0.2, 0.25) is 0 Å². The van der Waals surface area contributed by atoms with Crippen molar-refractivity contribution in [3.05, 3.63) is 11.9 Å². The summed E-state index contributed by atoms with van der Waals surface area (Å²) < 4.78 is 2.03. The Morgan fingerprint density at radius 3 is 2.09 bits per heavy atom. The number of aromatic nitrogens is 3. The molecule has 0 unspecified atom stereocenters. The molecule has 22 heavy (non-hydrogen) atoms. The Bertz CT molecular complexity index is 369. The van der Waals surface area contributed by atoms with Crippen LogP contribution in [-0.2, 0) is 13.0 Å². The van der Waals surface area contributed by atoms with Crippen molar-refractivity contribution in [1.82, 2.24) is 15.0 Å². The number of hydrogen-bond donors (Lipinski definition) is 0. The second-order valence-electron chi connectivity index (χ2n) is 7.56. The second-order valence-corrected chi connectivity index (χ2v) is 7.56. The van der Waals surface area contributed by atoms with Crippen molar-refractivity contribution < 1.29 is 0 Å². The van der Waals surface area contributed by atoms with E-state index < -0.39 is 0 Å². The average Bonchev–Trinajstić information content (AvgIpc) is 2.90. The standard InChI is InChI=1S/C19H37N3/c1-17(2)12-8-6-5-7-11-15-22-16-19(20-21-22)14-10-9-13-18(3)4/h16-18H,5-15H2,1-4H3. The molecule has 0 amide bonds. The van der Waals surface area contributed by atoms with Crippen molar-refractivity contribution in [2.24, 2.45) is 11.8 Å². The monoisotopic (exact) mass is 307 g/mol. The van der Waals surface area contributed by atoms with Gasteiger partial charge in [-0.25, -0.2) is 0 Å². The first-order valence-electron chi connectivity index (χ1n) is 9.47. The van der Waals surface area contributed by atoms with Crippen LogP contribution in [0.4, 0.5) is 0 Å². The van der Waals surface area contributed by atoms with Crippen molar-refractivity contribution >= 4 is 0 Å². The normalized spacial score (nSPS) is 11.7. The van der Waals surface area contributed by atoms with Gasteiger partial charge in [0.25, 0.3) is 0 Å². The lowest BCUT2D eigenvalue weighted by Crippen LogP contribution is -1.98. The lowest BCUT2D eigenvalue weighted by molar-refractivity contribution is 0.490. The summed E-state index contributed by atoms with van der Waals surface area (Å²) in [6.45, 7) is 10.2. The first-order valence-corrected chi connectivity index (χ1v) is 9.47. The fourth-order valence-electron chi connectivity index (χ4n) is 2.78. The van der Waals surface area contributed by atoms with E-state index in [2.05, 4.69) is 44.2 Å². The second kappa shape index (κ2) is 11.7. The highest BCUT2D eigenvalue weighted by atomic mass is 15.4. The summed E-state index contributed by atoms with van der Waals surface area (Å²) in [4.78, 5) is 0. The molecule has 1 aromatic heterocycles. The Hall–Kier alpha value is -0.860. The van der Waals surface area contributed by atoms with Crippen LogP contribution in [-0.4, -0.2) is 15.0 Å². The van der Waals surface area contributed by atoms with E-state index in [-0.39, 0.29) is 0 Å². The quantitative estimate of drug-likeness (QED) is 0.441. The third-order valence-corrected chi connectivity index (χ3v) is 4.22. The van der Waals surface area contributed by atoms with Crippen LogP contribution in [0.5, 0.6) is 0 Å². The van der Waals surface area contributed by atoms with Crippen LogP contribution in [0.15, 0.2) is 6.20 Å². The van der Waals surface area contributed by atoms with E-state index in [0.29, 0.717) is 0 Å². The fraction of sp³-hybridized carbons (Fsp3) is 0.895. The van der Waals surface area contributed by atoms with Gasteiger partial charge in [-0.2, -0.15) is 0 Å². The topological polar surface area (TPSA) is 30.7 Å². The molecule has 0 N–H and O–H groups in total. The molecule has 0 aromatic carbocycles. The van der Waals surface area contributed by atoms with E-state index in [9.17, 15) is 0 Å². The summed E-state index contributed by atoms with van der Waals surface area (Å²) in [5.74, 6) is 1.67. The van der Waals surface area contributed by atoms with Gasteiger partial charge in [0, 0.05) is 12.7 Å². The maximum absolute atomic E-state index is 4.29. The lowest BCUT2D eigenvalue weighted by atomic mass is 10.0. The van der Waals surface area contributed by atoms with E-state index in [0.717, 1.165) is 24.8 Å². The van der Waals surface area contributed by atoms with E-state index in [1.807, 2.05) is 4.68 Å². The Morgan fingerprint density at radius 1 is 0.818 bits per heavy atom. The van der Waals surface area contributed by atoms with Crippen LogP contribution >= 0.6 is 0 Å². The van der Waals surface area contributed by atoms with E-state index >= 15 is 0 Å². The molecule has 0 fully saturated rings. The van der Waals surface area contributed by atoms with Gasteiger partial charge in [0.05, 0.1) is 5.69 Å². The average molecular weight is 308 g/mol. The Kier molecular flexibility index (Phi) is 10.2. The van der Waals surface area contributed by atoms with Crippen molar-refractivity contribution in [2.75, 3.05) is 0 Å². The van der Waals surface area contributed by atoms with Gasteiger partial charge in [0.2, 0.25) is 0 Å². The van der Waals surface area contributed by atoms with Gasteiger partial charge < -0.3 is 0 Å². The van der Waals surface area contributed by atoms with Crippen molar-refractivity contribution in [1.29, 1.82) is 0 Å². The molecular weight excluding hydrogens is 270 g/mol. The minimum Gasteiger partial charge on any atom is -0.252 e. The number of unbranched alkanes of at least 4 members (excludes halogenated alkanes) is 5. The molecule has 0 radical (unpaired) electrons. The van der Waals surface area contributed by atoms with Crippen LogP contribution < -0.4 is 0 Å². The number of aryl methyl sites for hydroxylation is 2. The highest BCUT2D eigenvalue weighted by Gasteiger charge is 2.02. The van der Waals surface area contributed by atoms with Crippen LogP contribution in [0.3, 0.4) is 0 Å². The summed E-state index contributed by atoms with van der Waals surface area (Å²) >= 11 is 0. The SMILES string of the molecule is CC(C)CCCCCCCn1cc(CCCCC(C)C)nn1. The molecule has 0 atom stereocenters. The summed E-state index contributed by atoms with van der Waals surface area (Å²) in [6, 6.07) is 0. The van der Waals surface area contributed by atoms with E-state index in [1.165, 1.54) is 63.5 Å². The zero-order chi connectivity index (χ0) is 16.2. The highest BCUT2D eigenvalue weighted by molar-refractivity contribution is 4.92. The van der Waals surface area contributed by atoms with E-state index in [4.69, 9.17) is 0 Å². The smallest absolute Gasteiger partial charge is 0.0827 e. The van der Waals surface area contributed by atoms with Gasteiger partial charge in [-0.05, 0) is 31.1 Å². The fourth-order valence-corrected chi connectivity index (χ4v) is 2.78. The van der Waals surface area contributed by atoms with Crippen molar-refractivity contribution in [2.45, 2.75) is 98.4 Å². The molecule has 3 nitrogen and oxygen atoms in total. The number of nitrogens with zero attached hydrogens (tertiary/aromatic N) is 3. The van der Waals surface area contributed by atoms with Crippen LogP contribution in [0.25, 0.3) is 0 Å². The zero-order valence-corrected chi connectivity index (χ0v) is 15.4. The molecule has 0 bridgehead atoms. The van der Waals surface area contributed by atoms with Crippen LogP contribution in [0, 0.1) is 11.8 Å². The van der Waals surface area contributed by atoms with E-state index in [1.54, 1.807) is 0 Å². The van der Waals surface area contributed by atoms with Gasteiger partial charge in [0.1, 0.15) is 0 Å². The third kappa shape index (κ3) is 9.97. The third-order valence-electron chi connectivity index (χ3n) is 4.22.